The fourth-order valence-electron chi connectivity index (χ4n) is 0.663. The van der Waals surface area contributed by atoms with E-state index >= 15 is 0 Å². The maximum atomic E-state index is 10.5. The standard InChI is InChI=1S/C9H15NO/c1-3-4-5-6-7-8(2)9(10)11/h3-4,7H,5-6H2,1-2H3,(H2,10,11). The average molecular weight is 153 g/mol. The Morgan fingerprint density at radius 3 is 2.55 bits per heavy atom. The molecular weight excluding hydrogens is 138 g/mol. The summed E-state index contributed by atoms with van der Waals surface area (Å²) in [5.74, 6) is -0.328. The summed E-state index contributed by atoms with van der Waals surface area (Å²) < 4.78 is 0. The monoisotopic (exact) mass is 153 g/mol. The smallest absolute Gasteiger partial charge is 0.244 e. The van der Waals surface area contributed by atoms with E-state index in [1.807, 2.05) is 19.1 Å². The van der Waals surface area contributed by atoms with E-state index in [1.54, 1.807) is 6.92 Å². The first-order chi connectivity index (χ1) is 5.18. The fraction of sp³-hybridized carbons (Fsp3) is 0.444. The molecule has 2 heteroatoms. The summed E-state index contributed by atoms with van der Waals surface area (Å²) in [7, 11) is 0. The molecule has 0 aliphatic heterocycles. The van der Waals surface area contributed by atoms with Crippen LogP contribution in [0.25, 0.3) is 0 Å². The van der Waals surface area contributed by atoms with Crippen molar-refractivity contribution in [2.45, 2.75) is 26.7 Å². The zero-order valence-electron chi connectivity index (χ0n) is 7.13. The van der Waals surface area contributed by atoms with Gasteiger partial charge in [-0.3, -0.25) is 4.79 Å². The Hall–Kier alpha value is -1.05. The Morgan fingerprint density at radius 2 is 2.09 bits per heavy atom. The summed E-state index contributed by atoms with van der Waals surface area (Å²) in [6.07, 6.45) is 7.78. The Balaban J connectivity index is 3.65. The molecule has 0 atom stereocenters. The summed E-state index contributed by atoms with van der Waals surface area (Å²) in [5.41, 5.74) is 5.67. The molecule has 0 unspecified atom stereocenters. The third-order valence-electron chi connectivity index (χ3n) is 1.41. The minimum atomic E-state index is -0.328. The minimum absolute atomic E-state index is 0.328. The Morgan fingerprint density at radius 1 is 1.45 bits per heavy atom. The molecule has 0 aliphatic carbocycles. The van der Waals surface area contributed by atoms with Crippen LogP contribution in [0.2, 0.25) is 0 Å². The van der Waals surface area contributed by atoms with Crippen LogP contribution >= 0.6 is 0 Å². The molecule has 62 valence electrons. The molecule has 0 saturated heterocycles. The molecule has 0 fully saturated rings. The summed E-state index contributed by atoms with van der Waals surface area (Å²) >= 11 is 0. The summed E-state index contributed by atoms with van der Waals surface area (Å²) in [4.78, 5) is 10.5. The van der Waals surface area contributed by atoms with E-state index in [0.29, 0.717) is 5.57 Å². The van der Waals surface area contributed by atoms with Gasteiger partial charge >= 0.3 is 0 Å². The molecule has 0 heterocycles. The van der Waals surface area contributed by atoms with E-state index in [1.165, 1.54) is 0 Å². The molecule has 0 saturated carbocycles. The molecule has 0 aromatic rings. The molecule has 0 aromatic carbocycles. The second-order valence-electron chi connectivity index (χ2n) is 2.40. The van der Waals surface area contributed by atoms with Crippen molar-refractivity contribution in [3.8, 4) is 0 Å². The molecule has 0 aliphatic rings. The number of amides is 1. The molecule has 0 rings (SSSR count). The number of nitrogens with two attached hydrogens (primary N) is 1. The van der Waals surface area contributed by atoms with Crippen molar-refractivity contribution in [1.82, 2.24) is 0 Å². The highest BCUT2D eigenvalue weighted by Crippen LogP contribution is 1.98. The van der Waals surface area contributed by atoms with Crippen molar-refractivity contribution in [3.63, 3.8) is 0 Å². The molecule has 0 spiro atoms. The number of carbonyl (C=O) groups is 1. The molecule has 1 amide bonds. The van der Waals surface area contributed by atoms with Gasteiger partial charge in [0, 0.05) is 5.57 Å². The maximum absolute atomic E-state index is 10.5. The molecule has 2 N–H and O–H groups in total. The summed E-state index contributed by atoms with van der Waals surface area (Å²) in [6, 6.07) is 0. The van der Waals surface area contributed by atoms with Gasteiger partial charge in [0.25, 0.3) is 0 Å². The van der Waals surface area contributed by atoms with Crippen molar-refractivity contribution in [1.29, 1.82) is 0 Å². The maximum Gasteiger partial charge on any atom is 0.244 e. The SMILES string of the molecule is CC=CCCC=C(C)C(N)=O. The van der Waals surface area contributed by atoms with Crippen LogP contribution in [0, 0.1) is 0 Å². The van der Waals surface area contributed by atoms with E-state index in [9.17, 15) is 4.79 Å². The van der Waals surface area contributed by atoms with E-state index in [0.717, 1.165) is 12.8 Å². The van der Waals surface area contributed by atoms with Gasteiger partial charge in [0.05, 0.1) is 0 Å². The zero-order chi connectivity index (χ0) is 8.69. The van der Waals surface area contributed by atoms with Crippen molar-refractivity contribution in [2.75, 3.05) is 0 Å². The Labute approximate surface area is 67.8 Å². The van der Waals surface area contributed by atoms with Gasteiger partial charge in [-0.25, -0.2) is 0 Å². The van der Waals surface area contributed by atoms with Crippen molar-refractivity contribution in [3.05, 3.63) is 23.8 Å². The van der Waals surface area contributed by atoms with Gasteiger partial charge < -0.3 is 5.73 Å². The van der Waals surface area contributed by atoms with Crippen LogP contribution in [-0.4, -0.2) is 5.91 Å². The van der Waals surface area contributed by atoms with Crippen LogP contribution in [0.15, 0.2) is 23.8 Å². The fourth-order valence-corrected chi connectivity index (χ4v) is 0.663. The highest BCUT2D eigenvalue weighted by Gasteiger charge is 1.93. The molecule has 0 radical (unpaired) electrons. The van der Waals surface area contributed by atoms with Crippen LogP contribution in [-0.2, 0) is 4.79 Å². The molecule has 0 aromatic heterocycles. The van der Waals surface area contributed by atoms with Crippen molar-refractivity contribution in [2.24, 2.45) is 5.73 Å². The van der Waals surface area contributed by atoms with Gasteiger partial charge in [-0.05, 0) is 26.7 Å². The van der Waals surface area contributed by atoms with Gasteiger partial charge in [-0.1, -0.05) is 18.2 Å². The van der Waals surface area contributed by atoms with Crippen LogP contribution in [0.4, 0.5) is 0 Å². The summed E-state index contributed by atoms with van der Waals surface area (Å²) in [5, 5.41) is 0. The van der Waals surface area contributed by atoms with Gasteiger partial charge in [0.1, 0.15) is 0 Å². The quantitative estimate of drug-likeness (QED) is 0.373. The van der Waals surface area contributed by atoms with Crippen LogP contribution in [0.1, 0.15) is 26.7 Å². The van der Waals surface area contributed by atoms with Crippen molar-refractivity contribution < 1.29 is 4.79 Å². The third-order valence-corrected chi connectivity index (χ3v) is 1.41. The number of hydrogen-bond donors (Lipinski definition) is 1. The first-order valence-electron chi connectivity index (χ1n) is 3.76. The number of allylic oxidation sites excluding steroid dienone is 3. The molecular formula is C9H15NO. The lowest BCUT2D eigenvalue weighted by Crippen LogP contribution is -2.11. The third kappa shape index (κ3) is 5.40. The van der Waals surface area contributed by atoms with Crippen molar-refractivity contribution >= 4 is 5.91 Å². The highest BCUT2D eigenvalue weighted by atomic mass is 16.1. The van der Waals surface area contributed by atoms with E-state index < -0.39 is 0 Å². The topological polar surface area (TPSA) is 43.1 Å². The minimum Gasteiger partial charge on any atom is -0.366 e. The lowest BCUT2D eigenvalue weighted by Gasteiger charge is -1.91. The Kier molecular flexibility index (Phi) is 5.17. The van der Waals surface area contributed by atoms with Gasteiger partial charge in [0.2, 0.25) is 5.91 Å². The normalized spacial score (nSPS) is 12.4. The second-order valence-corrected chi connectivity index (χ2v) is 2.40. The predicted octanol–water partition coefficient (Wildman–Crippen LogP) is 1.77. The molecule has 11 heavy (non-hydrogen) atoms. The zero-order valence-corrected chi connectivity index (χ0v) is 7.13. The van der Waals surface area contributed by atoms with E-state index in [4.69, 9.17) is 5.73 Å². The van der Waals surface area contributed by atoms with Gasteiger partial charge in [-0.15, -0.1) is 0 Å². The van der Waals surface area contributed by atoms with Gasteiger partial charge in [0.15, 0.2) is 0 Å². The van der Waals surface area contributed by atoms with Crippen LogP contribution < -0.4 is 5.73 Å². The predicted molar refractivity (Wildman–Crippen MR) is 47.0 cm³/mol. The first-order valence-corrected chi connectivity index (χ1v) is 3.76. The lowest BCUT2D eigenvalue weighted by atomic mass is 10.2. The first kappa shape index (κ1) is 9.95. The van der Waals surface area contributed by atoms with E-state index in [2.05, 4.69) is 6.08 Å². The lowest BCUT2D eigenvalue weighted by molar-refractivity contribution is -0.114. The number of rotatable bonds is 4. The number of unbranched alkanes of at least 4 members (excludes halogenated alkanes) is 1. The number of carbonyl (C=O) groups excluding carboxylic acids is 1. The van der Waals surface area contributed by atoms with Crippen LogP contribution in [0.3, 0.4) is 0 Å². The molecule has 0 bridgehead atoms. The largest absolute Gasteiger partial charge is 0.366 e. The number of hydrogen-bond acceptors (Lipinski definition) is 1. The average Bonchev–Trinajstić information content (AvgIpc) is 1.97. The summed E-state index contributed by atoms with van der Waals surface area (Å²) in [6.45, 7) is 3.71. The second kappa shape index (κ2) is 5.71. The van der Waals surface area contributed by atoms with Gasteiger partial charge in [-0.2, -0.15) is 0 Å². The van der Waals surface area contributed by atoms with E-state index in [-0.39, 0.29) is 5.91 Å². The Bertz CT molecular complexity index is 180. The number of primary amides is 1. The highest BCUT2D eigenvalue weighted by molar-refractivity contribution is 5.91. The van der Waals surface area contributed by atoms with Crippen LogP contribution in [0.5, 0.6) is 0 Å². The molecule has 2 nitrogen and oxygen atoms in total.